The molecule has 0 fully saturated rings. The Bertz CT molecular complexity index is 308. The van der Waals surface area contributed by atoms with E-state index in [-0.39, 0.29) is 5.56 Å². The van der Waals surface area contributed by atoms with Gasteiger partial charge in [0.2, 0.25) is 0 Å². The highest BCUT2D eigenvalue weighted by atomic mass is 16.4. The third kappa shape index (κ3) is 1.24. The molecule has 0 aliphatic rings. The summed E-state index contributed by atoms with van der Waals surface area (Å²) in [5.74, 6) is -3.83. The number of aromatic hydroxyl groups is 2. The molecule has 64 valence electrons. The molecular formula is C7H5O5-. The molecule has 1 rings (SSSR count). The molecule has 0 spiro atoms. The molecule has 3 N–H and O–H groups in total. The van der Waals surface area contributed by atoms with E-state index in [9.17, 15) is 9.90 Å². The first-order valence-corrected chi connectivity index (χ1v) is 2.98. The first-order valence-electron chi connectivity index (χ1n) is 2.98. The molecule has 0 heterocycles. The number of hydrogen-bond acceptors (Lipinski definition) is 4. The average Bonchev–Trinajstić information content (AvgIpc) is 1.99. The van der Waals surface area contributed by atoms with Crippen LogP contribution in [0.4, 0.5) is 0 Å². The van der Waals surface area contributed by atoms with Gasteiger partial charge in [-0.25, -0.2) is 4.79 Å². The van der Waals surface area contributed by atoms with Gasteiger partial charge >= 0.3 is 5.97 Å². The Hall–Kier alpha value is -1.91. The fraction of sp³-hybridized carbons (Fsp3) is 0. The monoisotopic (exact) mass is 169 g/mol. The minimum Gasteiger partial charge on any atom is -0.867 e. The highest BCUT2D eigenvalue weighted by Gasteiger charge is 2.07. The molecule has 0 bridgehead atoms. The summed E-state index contributed by atoms with van der Waals surface area (Å²) in [5.41, 5.74) is -0.329. The van der Waals surface area contributed by atoms with Crippen LogP contribution in [-0.4, -0.2) is 21.3 Å². The summed E-state index contributed by atoms with van der Waals surface area (Å²) in [6, 6.07) is 1.56. The maximum Gasteiger partial charge on any atom is 0.335 e. The van der Waals surface area contributed by atoms with Crippen LogP contribution in [0.25, 0.3) is 0 Å². The highest BCUT2D eigenvalue weighted by molar-refractivity contribution is 5.89. The highest BCUT2D eigenvalue weighted by Crippen LogP contribution is 2.32. The number of aromatic carboxylic acids is 1. The maximum atomic E-state index is 10.7. The lowest BCUT2D eigenvalue weighted by molar-refractivity contribution is -0.272. The molecular weight excluding hydrogens is 164 g/mol. The van der Waals surface area contributed by atoms with Crippen molar-refractivity contribution in [3.05, 3.63) is 17.7 Å². The van der Waals surface area contributed by atoms with E-state index in [1.165, 1.54) is 0 Å². The van der Waals surface area contributed by atoms with Crippen molar-refractivity contribution >= 4 is 5.97 Å². The topological polar surface area (TPSA) is 101 Å². The van der Waals surface area contributed by atoms with Gasteiger partial charge in [0.1, 0.15) is 11.5 Å². The molecule has 12 heavy (non-hydrogen) atoms. The molecule has 5 nitrogen and oxygen atoms in total. The van der Waals surface area contributed by atoms with E-state index in [0.29, 0.717) is 0 Å². The Morgan fingerprint density at radius 2 is 1.67 bits per heavy atom. The molecule has 1 aromatic carbocycles. The smallest absolute Gasteiger partial charge is 0.335 e. The van der Waals surface area contributed by atoms with E-state index in [1.54, 1.807) is 0 Å². The van der Waals surface area contributed by atoms with Gasteiger partial charge in [0.25, 0.3) is 0 Å². The molecule has 0 saturated heterocycles. The zero-order chi connectivity index (χ0) is 9.30. The van der Waals surface area contributed by atoms with Gasteiger partial charge in [-0.3, -0.25) is 0 Å². The second-order valence-corrected chi connectivity index (χ2v) is 2.15. The van der Waals surface area contributed by atoms with Gasteiger partial charge in [-0.15, -0.1) is 0 Å². The minimum atomic E-state index is -1.32. The van der Waals surface area contributed by atoms with Crippen LogP contribution >= 0.6 is 0 Å². The quantitative estimate of drug-likeness (QED) is 0.543. The number of carboxylic acid groups (broad SMARTS) is 1. The average molecular weight is 169 g/mol. The van der Waals surface area contributed by atoms with Crippen molar-refractivity contribution in [1.29, 1.82) is 0 Å². The van der Waals surface area contributed by atoms with E-state index in [4.69, 9.17) is 15.3 Å². The van der Waals surface area contributed by atoms with Crippen LogP contribution in [-0.2, 0) is 0 Å². The standard InChI is InChI=1S/C7H6O5/c8-4-1-3(7(11)12)2-5(9)6(4)10/h1-2,8-10H,(H,11,12)/p-1. The Kier molecular flexibility index (Phi) is 1.78. The van der Waals surface area contributed by atoms with Crippen LogP contribution in [0.15, 0.2) is 12.1 Å². The molecule has 0 amide bonds. The van der Waals surface area contributed by atoms with Crippen molar-refractivity contribution < 1.29 is 25.2 Å². The molecule has 0 radical (unpaired) electrons. The number of phenols is 2. The van der Waals surface area contributed by atoms with Gasteiger partial charge in [-0.2, -0.15) is 0 Å². The van der Waals surface area contributed by atoms with Crippen LogP contribution in [0.1, 0.15) is 10.4 Å². The summed E-state index contributed by atoms with van der Waals surface area (Å²) in [4.78, 5) is 10.3. The first kappa shape index (κ1) is 8.19. The number of rotatable bonds is 1. The van der Waals surface area contributed by atoms with E-state index in [0.717, 1.165) is 12.1 Å². The summed E-state index contributed by atoms with van der Waals surface area (Å²) in [6.45, 7) is 0. The van der Waals surface area contributed by atoms with Gasteiger partial charge < -0.3 is 20.4 Å². The predicted octanol–water partition coefficient (Wildman–Crippen LogP) is -0.130. The van der Waals surface area contributed by atoms with Crippen molar-refractivity contribution in [3.63, 3.8) is 0 Å². The predicted molar refractivity (Wildman–Crippen MR) is 36.2 cm³/mol. The van der Waals surface area contributed by atoms with Crippen LogP contribution in [0.3, 0.4) is 0 Å². The summed E-state index contributed by atoms with van der Waals surface area (Å²) in [7, 11) is 0. The van der Waals surface area contributed by atoms with Gasteiger partial charge in [0.05, 0.1) is 5.56 Å². The molecule has 0 atom stereocenters. The molecule has 0 unspecified atom stereocenters. The van der Waals surface area contributed by atoms with Crippen LogP contribution in [0, 0.1) is 0 Å². The Balaban J connectivity index is 3.31. The first-order chi connectivity index (χ1) is 5.52. The molecule has 1 aromatic rings. The van der Waals surface area contributed by atoms with E-state index >= 15 is 0 Å². The third-order valence-corrected chi connectivity index (χ3v) is 1.30. The van der Waals surface area contributed by atoms with Crippen molar-refractivity contribution in [2.24, 2.45) is 0 Å². The summed E-state index contributed by atoms with van der Waals surface area (Å²) in [6.07, 6.45) is 0. The summed E-state index contributed by atoms with van der Waals surface area (Å²) >= 11 is 0. The second kappa shape index (κ2) is 2.61. The van der Waals surface area contributed by atoms with Crippen LogP contribution in [0.2, 0.25) is 0 Å². The Morgan fingerprint density at radius 1 is 1.25 bits per heavy atom. The van der Waals surface area contributed by atoms with Crippen molar-refractivity contribution in [3.8, 4) is 17.2 Å². The van der Waals surface area contributed by atoms with E-state index < -0.39 is 23.2 Å². The van der Waals surface area contributed by atoms with Gasteiger partial charge in [0.15, 0.2) is 0 Å². The normalized spacial score (nSPS) is 9.67. The molecule has 0 aromatic heterocycles. The number of phenolic OH excluding ortho intramolecular Hbond substituents is 2. The lowest BCUT2D eigenvalue weighted by Crippen LogP contribution is -1.98. The molecule has 0 aliphatic heterocycles. The third-order valence-electron chi connectivity index (χ3n) is 1.30. The van der Waals surface area contributed by atoms with Gasteiger partial charge in [-0.1, -0.05) is 0 Å². The lowest BCUT2D eigenvalue weighted by atomic mass is 10.2. The zero-order valence-corrected chi connectivity index (χ0v) is 5.81. The summed E-state index contributed by atoms with van der Waals surface area (Å²) < 4.78 is 0. The summed E-state index contributed by atoms with van der Waals surface area (Å²) in [5, 5.41) is 36.6. The number of carboxylic acids is 1. The molecule has 0 aliphatic carbocycles. The minimum absolute atomic E-state index is 0.329. The van der Waals surface area contributed by atoms with E-state index in [2.05, 4.69) is 0 Å². The SMILES string of the molecule is O=C(O)c1cc(O)c([O-])c(O)c1. The van der Waals surface area contributed by atoms with Crippen LogP contribution < -0.4 is 5.11 Å². The Morgan fingerprint density at radius 3 is 2.00 bits per heavy atom. The lowest BCUT2D eigenvalue weighted by Gasteiger charge is -2.10. The number of carbonyl (C=O) groups is 1. The van der Waals surface area contributed by atoms with Crippen molar-refractivity contribution in [2.45, 2.75) is 0 Å². The number of benzene rings is 1. The second-order valence-electron chi connectivity index (χ2n) is 2.15. The van der Waals surface area contributed by atoms with Crippen molar-refractivity contribution in [2.75, 3.05) is 0 Å². The maximum absolute atomic E-state index is 10.7. The van der Waals surface area contributed by atoms with Gasteiger partial charge in [0, 0.05) is 0 Å². The Labute approximate surface area is 67.1 Å². The molecule has 5 heteroatoms. The van der Waals surface area contributed by atoms with E-state index in [1.807, 2.05) is 0 Å². The molecule has 0 saturated carbocycles. The number of hydrogen-bond donors (Lipinski definition) is 3. The largest absolute Gasteiger partial charge is 0.867 e. The van der Waals surface area contributed by atoms with Gasteiger partial charge in [-0.05, 0) is 17.9 Å². The fourth-order valence-corrected chi connectivity index (χ4v) is 0.722. The van der Waals surface area contributed by atoms with Crippen molar-refractivity contribution in [1.82, 2.24) is 0 Å². The van der Waals surface area contributed by atoms with Crippen LogP contribution in [0.5, 0.6) is 17.2 Å². The zero-order valence-electron chi connectivity index (χ0n) is 5.81. The fourth-order valence-electron chi connectivity index (χ4n) is 0.722.